The second kappa shape index (κ2) is 16.5. The van der Waals surface area contributed by atoms with Crippen LogP contribution in [0.3, 0.4) is 0 Å². The smallest absolute Gasteiger partial charge is 0.223 e. The number of aliphatic hydroxyl groups excluding tert-OH is 1. The SMILES string of the molecule is C=C(OC1CC(O)CCO1)/C(=C/C(C)C)Cc1ccc(OCCCNCCC(=O)N(C)CCN)cc1C. The predicted molar refractivity (Wildman–Crippen MR) is 147 cm³/mol. The number of hydrogen-bond acceptors (Lipinski definition) is 7. The van der Waals surface area contributed by atoms with Crippen LogP contribution in [0.1, 0.15) is 50.7 Å². The van der Waals surface area contributed by atoms with Crippen LogP contribution < -0.4 is 15.8 Å². The highest BCUT2D eigenvalue weighted by Crippen LogP contribution is 2.26. The van der Waals surface area contributed by atoms with E-state index in [1.54, 1.807) is 11.9 Å². The molecule has 208 valence electrons. The molecule has 1 aliphatic rings. The van der Waals surface area contributed by atoms with Gasteiger partial charge in [-0.15, -0.1) is 0 Å². The number of amides is 1. The summed E-state index contributed by atoms with van der Waals surface area (Å²) in [6.45, 7) is 14.1. The molecule has 1 saturated heterocycles. The Balaban J connectivity index is 1.80. The standard InChI is InChI=1S/C29H47N3O5/c1-21(2)17-25(23(4)37-29-20-26(33)10-16-36-29)19-24-7-8-27(18-22(24)3)35-15-6-12-31-13-9-28(34)32(5)14-11-30/h7-8,17-18,21,26,29,31,33H,4,6,9-16,19-20,30H2,1-3,5H3/b25-17+. The Morgan fingerprint density at radius 2 is 2.16 bits per heavy atom. The molecule has 37 heavy (non-hydrogen) atoms. The number of nitrogens with two attached hydrogens (primary N) is 1. The van der Waals surface area contributed by atoms with Gasteiger partial charge in [-0.3, -0.25) is 4.79 Å². The van der Waals surface area contributed by atoms with Crippen LogP contribution in [0.4, 0.5) is 0 Å². The van der Waals surface area contributed by atoms with Crippen molar-refractivity contribution in [2.75, 3.05) is 46.4 Å². The van der Waals surface area contributed by atoms with Crippen LogP contribution >= 0.6 is 0 Å². The summed E-state index contributed by atoms with van der Waals surface area (Å²) in [5.74, 6) is 1.88. The number of hydrogen-bond donors (Lipinski definition) is 3. The van der Waals surface area contributed by atoms with Gasteiger partial charge in [0.05, 0.1) is 19.3 Å². The molecule has 0 bridgehead atoms. The number of nitrogens with zero attached hydrogens (tertiary/aromatic N) is 1. The summed E-state index contributed by atoms with van der Waals surface area (Å²) in [4.78, 5) is 13.6. The van der Waals surface area contributed by atoms with Gasteiger partial charge in [0, 0.05) is 45.9 Å². The minimum atomic E-state index is -0.462. The van der Waals surface area contributed by atoms with Crippen molar-refractivity contribution < 1.29 is 24.1 Å². The van der Waals surface area contributed by atoms with Crippen molar-refractivity contribution >= 4 is 5.91 Å². The molecule has 0 saturated carbocycles. The number of ether oxygens (including phenoxy) is 3. The van der Waals surface area contributed by atoms with Gasteiger partial charge in [-0.05, 0) is 61.1 Å². The van der Waals surface area contributed by atoms with Crippen molar-refractivity contribution in [2.45, 2.75) is 65.3 Å². The van der Waals surface area contributed by atoms with E-state index in [4.69, 9.17) is 19.9 Å². The average Bonchev–Trinajstić information content (AvgIpc) is 2.84. The van der Waals surface area contributed by atoms with Gasteiger partial charge in [-0.25, -0.2) is 0 Å². The third-order valence-electron chi connectivity index (χ3n) is 6.25. The lowest BCUT2D eigenvalue weighted by Gasteiger charge is -2.28. The zero-order valence-electron chi connectivity index (χ0n) is 23.1. The Hall–Kier alpha value is -2.39. The van der Waals surface area contributed by atoms with E-state index in [0.29, 0.717) is 70.2 Å². The molecule has 2 rings (SSSR count). The quantitative estimate of drug-likeness (QED) is 0.175. The molecule has 2 atom stereocenters. The van der Waals surface area contributed by atoms with Crippen molar-refractivity contribution in [1.82, 2.24) is 10.2 Å². The van der Waals surface area contributed by atoms with Crippen molar-refractivity contribution in [3.63, 3.8) is 0 Å². The van der Waals surface area contributed by atoms with E-state index in [1.807, 2.05) is 6.07 Å². The number of nitrogens with one attached hydrogen (secondary N) is 1. The van der Waals surface area contributed by atoms with Gasteiger partial charge in [0.1, 0.15) is 11.5 Å². The first-order valence-corrected chi connectivity index (χ1v) is 13.4. The van der Waals surface area contributed by atoms with E-state index in [9.17, 15) is 9.90 Å². The summed E-state index contributed by atoms with van der Waals surface area (Å²) in [7, 11) is 1.78. The van der Waals surface area contributed by atoms with Crippen molar-refractivity contribution in [3.05, 3.63) is 53.3 Å². The Morgan fingerprint density at radius 1 is 1.38 bits per heavy atom. The third-order valence-corrected chi connectivity index (χ3v) is 6.25. The Kier molecular flexibility index (Phi) is 13.7. The van der Waals surface area contributed by atoms with Gasteiger partial charge in [0.2, 0.25) is 12.2 Å². The van der Waals surface area contributed by atoms with E-state index in [1.165, 1.54) is 5.56 Å². The number of rotatable bonds is 16. The number of aryl methyl sites for hydroxylation is 1. The molecular formula is C29H47N3O5. The average molecular weight is 518 g/mol. The van der Waals surface area contributed by atoms with Gasteiger partial charge in [0.15, 0.2) is 0 Å². The highest BCUT2D eigenvalue weighted by atomic mass is 16.7. The minimum Gasteiger partial charge on any atom is -0.494 e. The summed E-state index contributed by atoms with van der Waals surface area (Å²) >= 11 is 0. The molecular weight excluding hydrogens is 470 g/mol. The van der Waals surface area contributed by atoms with Gasteiger partial charge in [-0.2, -0.15) is 0 Å². The minimum absolute atomic E-state index is 0.104. The van der Waals surface area contributed by atoms with Crippen LogP contribution in [0.15, 0.2) is 42.2 Å². The maximum Gasteiger partial charge on any atom is 0.223 e. The number of benzene rings is 1. The highest BCUT2D eigenvalue weighted by molar-refractivity contribution is 5.76. The summed E-state index contributed by atoms with van der Waals surface area (Å²) < 4.78 is 17.6. The molecule has 8 nitrogen and oxygen atoms in total. The number of carbonyl (C=O) groups is 1. The maximum absolute atomic E-state index is 11.9. The molecule has 8 heteroatoms. The van der Waals surface area contributed by atoms with Crippen molar-refractivity contribution in [3.8, 4) is 5.75 Å². The number of aliphatic hydroxyl groups is 1. The lowest BCUT2D eigenvalue weighted by molar-refractivity contribution is -0.163. The predicted octanol–water partition coefficient (Wildman–Crippen LogP) is 3.31. The molecule has 0 spiro atoms. The molecule has 1 heterocycles. The van der Waals surface area contributed by atoms with Gasteiger partial charge in [0.25, 0.3) is 0 Å². The molecule has 1 aromatic carbocycles. The normalized spacial score (nSPS) is 18.1. The van der Waals surface area contributed by atoms with Crippen LogP contribution in [0.25, 0.3) is 0 Å². The van der Waals surface area contributed by atoms with Crippen LogP contribution in [0.5, 0.6) is 5.75 Å². The van der Waals surface area contributed by atoms with E-state index in [2.05, 4.69) is 50.9 Å². The maximum atomic E-state index is 11.9. The van der Waals surface area contributed by atoms with E-state index >= 15 is 0 Å². The monoisotopic (exact) mass is 517 g/mol. The molecule has 1 amide bonds. The number of likely N-dealkylation sites (N-methyl/N-ethyl adjacent to an activating group) is 1. The summed E-state index contributed by atoms with van der Waals surface area (Å²) in [5, 5.41) is 13.2. The number of carbonyl (C=O) groups excluding carboxylic acids is 1. The van der Waals surface area contributed by atoms with Gasteiger partial charge < -0.3 is 35.3 Å². The second-order valence-corrected chi connectivity index (χ2v) is 10.0. The number of allylic oxidation sites excluding steroid dienone is 2. The summed E-state index contributed by atoms with van der Waals surface area (Å²) in [6.07, 6.45) is 4.42. The molecule has 0 aromatic heterocycles. The molecule has 0 radical (unpaired) electrons. The lowest BCUT2D eigenvalue weighted by atomic mass is 9.97. The fourth-order valence-electron chi connectivity index (χ4n) is 4.09. The van der Waals surface area contributed by atoms with Crippen molar-refractivity contribution in [1.29, 1.82) is 0 Å². The Bertz CT molecular complexity index is 886. The molecule has 0 aliphatic carbocycles. The fraction of sp³-hybridized carbons (Fsp3) is 0.621. The molecule has 4 N–H and O–H groups in total. The third kappa shape index (κ3) is 11.7. The zero-order chi connectivity index (χ0) is 27.2. The summed E-state index contributed by atoms with van der Waals surface area (Å²) in [5.41, 5.74) is 8.83. The van der Waals surface area contributed by atoms with E-state index in [0.717, 1.165) is 29.9 Å². The van der Waals surface area contributed by atoms with E-state index < -0.39 is 12.4 Å². The van der Waals surface area contributed by atoms with Crippen LogP contribution in [0, 0.1) is 12.8 Å². The lowest BCUT2D eigenvalue weighted by Crippen LogP contribution is -2.33. The molecule has 1 fully saturated rings. The van der Waals surface area contributed by atoms with Crippen molar-refractivity contribution in [2.24, 2.45) is 11.7 Å². The van der Waals surface area contributed by atoms with Crippen LogP contribution in [-0.2, 0) is 20.7 Å². The first-order valence-electron chi connectivity index (χ1n) is 13.4. The molecule has 2 unspecified atom stereocenters. The van der Waals surface area contributed by atoms with E-state index in [-0.39, 0.29) is 5.91 Å². The second-order valence-electron chi connectivity index (χ2n) is 10.0. The molecule has 1 aromatic rings. The topological polar surface area (TPSA) is 106 Å². The Labute approximate surface area is 222 Å². The fourth-order valence-corrected chi connectivity index (χ4v) is 4.09. The Morgan fingerprint density at radius 3 is 2.84 bits per heavy atom. The first kappa shape index (κ1) is 30.8. The zero-order valence-corrected chi connectivity index (χ0v) is 23.1. The summed E-state index contributed by atoms with van der Waals surface area (Å²) in [6, 6.07) is 6.15. The first-order chi connectivity index (χ1) is 17.7. The molecule has 1 aliphatic heterocycles. The largest absolute Gasteiger partial charge is 0.494 e. The van der Waals surface area contributed by atoms with Gasteiger partial charge in [-0.1, -0.05) is 32.6 Å². The van der Waals surface area contributed by atoms with Crippen LogP contribution in [0.2, 0.25) is 0 Å². The highest BCUT2D eigenvalue weighted by Gasteiger charge is 2.23. The van der Waals surface area contributed by atoms with Crippen LogP contribution in [-0.4, -0.2) is 74.7 Å². The van der Waals surface area contributed by atoms with Gasteiger partial charge >= 0.3 is 0 Å².